The Morgan fingerprint density at radius 2 is 1.76 bits per heavy atom. The standard InChI is InChI=1S/C26H32N4O3/c1-17-8-10-19(11-9-17)26(33)30-14-12-22-21(16-30)24(31)28-23(27-22)20-7-4-13-29(15-20)25(32)18-5-2-3-6-18/h8-11,18,20H,2-7,12-16H2,1H3,(H,27,28,31)/t20-/m1/s1. The summed E-state index contributed by atoms with van der Waals surface area (Å²) in [5.41, 5.74) is 2.96. The summed E-state index contributed by atoms with van der Waals surface area (Å²) < 4.78 is 0. The summed E-state index contributed by atoms with van der Waals surface area (Å²) in [6, 6.07) is 7.52. The highest BCUT2D eigenvalue weighted by atomic mass is 16.2. The first-order chi connectivity index (χ1) is 16.0. The van der Waals surface area contributed by atoms with E-state index >= 15 is 0 Å². The van der Waals surface area contributed by atoms with Gasteiger partial charge in [-0.25, -0.2) is 4.98 Å². The highest BCUT2D eigenvalue weighted by Crippen LogP contribution is 2.31. The van der Waals surface area contributed by atoms with Gasteiger partial charge in [-0.05, 0) is 44.7 Å². The lowest BCUT2D eigenvalue weighted by molar-refractivity contribution is -0.136. The number of aromatic amines is 1. The number of likely N-dealkylation sites (tertiary alicyclic amines) is 1. The number of aromatic nitrogens is 2. The van der Waals surface area contributed by atoms with E-state index in [9.17, 15) is 14.4 Å². The third-order valence-corrected chi connectivity index (χ3v) is 7.50. The highest BCUT2D eigenvalue weighted by molar-refractivity contribution is 5.94. The number of carbonyl (C=O) groups is 2. The maximum atomic E-state index is 13.0. The predicted molar refractivity (Wildman–Crippen MR) is 125 cm³/mol. The molecule has 2 aromatic rings. The molecule has 0 spiro atoms. The zero-order valence-corrected chi connectivity index (χ0v) is 19.3. The van der Waals surface area contributed by atoms with Crippen molar-refractivity contribution in [2.45, 2.75) is 64.3 Å². The highest BCUT2D eigenvalue weighted by Gasteiger charge is 2.33. The van der Waals surface area contributed by atoms with Gasteiger partial charge in [0.2, 0.25) is 5.91 Å². The van der Waals surface area contributed by atoms with Crippen molar-refractivity contribution >= 4 is 11.8 Å². The van der Waals surface area contributed by atoms with Crippen LogP contribution >= 0.6 is 0 Å². The van der Waals surface area contributed by atoms with Crippen LogP contribution in [0.1, 0.15) is 77.4 Å². The number of rotatable bonds is 3. The normalized spacial score (nSPS) is 21.2. The van der Waals surface area contributed by atoms with Gasteiger partial charge in [0.05, 0.1) is 17.8 Å². The van der Waals surface area contributed by atoms with E-state index in [1.807, 2.05) is 36.1 Å². The van der Waals surface area contributed by atoms with E-state index in [0.717, 1.165) is 56.3 Å². The molecule has 2 amide bonds. The Hall–Kier alpha value is -2.96. The van der Waals surface area contributed by atoms with E-state index in [-0.39, 0.29) is 35.8 Å². The molecule has 1 aliphatic carbocycles. The first-order valence-corrected chi connectivity index (χ1v) is 12.3. The first kappa shape index (κ1) is 21.9. The monoisotopic (exact) mass is 448 g/mol. The topological polar surface area (TPSA) is 86.4 Å². The fourth-order valence-corrected chi connectivity index (χ4v) is 5.52. The molecule has 0 radical (unpaired) electrons. The van der Waals surface area contributed by atoms with E-state index in [0.29, 0.717) is 36.5 Å². The molecule has 1 aromatic heterocycles. The quantitative estimate of drug-likeness (QED) is 0.781. The second-order valence-electron chi connectivity index (χ2n) is 9.82. The van der Waals surface area contributed by atoms with E-state index < -0.39 is 0 Å². The van der Waals surface area contributed by atoms with Crippen LogP contribution in [0.2, 0.25) is 0 Å². The van der Waals surface area contributed by atoms with Crippen LogP contribution in [0.25, 0.3) is 0 Å². The maximum absolute atomic E-state index is 13.0. The molecule has 1 N–H and O–H groups in total. The van der Waals surface area contributed by atoms with Crippen LogP contribution in [0.3, 0.4) is 0 Å². The largest absolute Gasteiger partial charge is 0.342 e. The molecule has 7 nitrogen and oxygen atoms in total. The number of amides is 2. The second kappa shape index (κ2) is 9.12. The van der Waals surface area contributed by atoms with Gasteiger partial charge in [0, 0.05) is 43.5 Å². The lowest BCUT2D eigenvalue weighted by Gasteiger charge is -2.34. The summed E-state index contributed by atoms with van der Waals surface area (Å²) in [4.78, 5) is 50.4. The van der Waals surface area contributed by atoms with Crippen molar-refractivity contribution < 1.29 is 9.59 Å². The Kier molecular flexibility index (Phi) is 6.04. The first-order valence-electron chi connectivity index (χ1n) is 12.3. The van der Waals surface area contributed by atoms with Gasteiger partial charge in [-0.2, -0.15) is 0 Å². The Labute approximate surface area is 194 Å². The Bertz CT molecular complexity index is 1100. The van der Waals surface area contributed by atoms with Crippen LogP contribution in [0.5, 0.6) is 0 Å². The Balaban J connectivity index is 1.31. The molecule has 174 valence electrons. The van der Waals surface area contributed by atoms with Crippen molar-refractivity contribution in [1.29, 1.82) is 0 Å². The molecule has 7 heteroatoms. The molecule has 5 rings (SSSR count). The summed E-state index contributed by atoms with van der Waals surface area (Å²) in [6.07, 6.45) is 6.74. The van der Waals surface area contributed by atoms with Gasteiger partial charge < -0.3 is 14.8 Å². The summed E-state index contributed by atoms with van der Waals surface area (Å²) in [5.74, 6) is 1.16. The summed E-state index contributed by atoms with van der Waals surface area (Å²) in [6.45, 7) is 4.25. The van der Waals surface area contributed by atoms with Gasteiger partial charge >= 0.3 is 0 Å². The number of nitrogens with zero attached hydrogens (tertiary/aromatic N) is 3. The van der Waals surface area contributed by atoms with Gasteiger partial charge in [0.25, 0.3) is 11.5 Å². The van der Waals surface area contributed by atoms with E-state index in [1.54, 1.807) is 4.90 Å². The number of benzene rings is 1. The number of hydrogen-bond acceptors (Lipinski definition) is 4. The molecule has 0 bridgehead atoms. The number of aryl methyl sites for hydroxylation is 1. The maximum Gasteiger partial charge on any atom is 0.256 e. The fourth-order valence-electron chi connectivity index (χ4n) is 5.52. The molecular formula is C26H32N4O3. The average Bonchev–Trinajstić information content (AvgIpc) is 3.38. The average molecular weight is 449 g/mol. The van der Waals surface area contributed by atoms with Crippen molar-refractivity contribution in [1.82, 2.24) is 19.8 Å². The van der Waals surface area contributed by atoms with E-state index in [2.05, 4.69) is 4.98 Å². The number of carbonyl (C=O) groups excluding carboxylic acids is 2. The molecule has 1 aromatic carbocycles. The van der Waals surface area contributed by atoms with Gasteiger partial charge in [-0.15, -0.1) is 0 Å². The summed E-state index contributed by atoms with van der Waals surface area (Å²) >= 11 is 0. The van der Waals surface area contributed by atoms with Crippen LogP contribution in [0, 0.1) is 12.8 Å². The SMILES string of the molecule is Cc1ccc(C(=O)N2CCc3nc([C@@H]4CCCN(C(=O)C5CCCC5)C4)[nH]c(=O)c3C2)cc1. The zero-order chi connectivity index (χ0) is 22.9. The zero-order valence-electron chi connectivity index (χ0n) is 19.3. The molecule has 1 saturated carbocycles. The number of H-pyrrole nitrogens is 1. The second-order valence-corrected chi connectivity index (χ2v) is 9.82. The predicted octanol–water partition coefficient (Wildman–Crippen LogP) is 3.17. The minimum absolute atomic E-state index is 0.0579. The molecule has 2 fully saturated rings. The molecular weight excluding hydrogens is 416 g/mol. The van der Waals surface area contributed by atoms with Crippen LogP contribution in [-0.4, -0.2) is 51.2 Å². The summed E-state index contributed by atoms with van der Waals surface area (Å²) in [7, 11) is 0. The molecule has 33 heavy (non-hydrogen) atoms. The number of nitrogens with one attached hydrogen (secondary N) is 1. The van der Waals surface area contributed by atoms with Crippen LogP contribution < -0.4 is 5.56 Å². The minimum Gasteiger partial charge on any atom is -0.342 e. The third kappa shape index (κ3) is 4.45. The van der Waals surface area contributed by atoms with Crippen molar-refractivity contribution in [3.05, 3.63) is 62.8 Å². The molecule has 3 aliphatic rings. The Morgan fingerprint density at radius 3 is 2.52 bits per heavy atom. The molecule has 2 aliphatic heterocycles. The van der Waals surface area contributed by atoms with E-state index in [1.165, 1.54) is 0 Å². The van der Waals surface area contributed by atoms with Crippen molar-refractivity contribution in [3.8, 4) is 0 Å². The van der Waals surface area contributed by atoms with Gasteiger partial charge in [-0.3, -0.25) is 14.4 Å². The molecule has 1 atom stereocenters. The van der Waals surface area contributed by atoms with Crippen LogP contribution in [-0.2, 0) is 17.8 Å². The molecule has 0 unspecified atom stereocenters. The smallest absolute Gasteiger partial charge is 0.256 e. The van der Waals surface area contributed by atoms with E-state index in [4.69, 9.17) is 4.98 Å². The van der Waals surface area contributed by atoms with Gasteiger partial charge in [0.15, 0.2) is 0 Å². The molecule has 1 saturated heterocycles. The Morgan fingerprint density at radius 1 is 1.00 bits per heavy atom. The summed E-state index contributed by atoms with van der Waals surface area (Å²) in [5, 5.41) is 0. The number of fused-ring (bicyclic) bond motifs is 1. The lowest BCUT2D eigenvalue weighted by atomic mass is 9.94. The van der Waals surface area contributed by atoms with Gasteiger partial charge in [-0.1, -0.05) is 30.5 Å². The number of piperidine rings is 1. The van der Waals surface area contributed by atoms with Gasteiger partial charge in [0.1, 0.15) is 5.82 Å². The van der Waals surface area contributed by atoms with Crippen LogP contribution in [0.4, 0.5) is 0 Å². The molecule has 3 heterocycles. The minimum atomic E-state index is -0.157. The van der Waals surface area contributed by atoms with Crippen LogP contribution in [0.15, 0.2) is 29.1 Å². The van der Waals surface area contributed by atoms with Crippen molar-refractivity contribution in [3.63, 3.8) is 0 Å². The number of hydrogen-bond donors (Lipinski definition) is 1. The van der Waals surface area contributed by atoms with Crippen molar-refractivity contribution in [2.24, 2.45) is 5.92 Å². The lowest BCUT2D eigenvalue weighted by Crippen LogP contribution is -2.43. The third-order valence-electron chi connectivity index (χ3n) is 7.50. The van der Waals surface area contributed by atoms with Crippen molar-refractivity contribution in [2.75, 3.05) is 19.6 Å². The fraction of sp³-hybridized carbons (Fsp3) is 0.538.